The van der Waals surface area contributed by atoms with Gasteiger partial charge in [-0.3, -0.25) is 24.2 Å². The van der Waals surface area contributed by atoms with Gasteiger partial charge in [-0.05, 0) is 36.6 Å². The molecule has 1 aliphatic carbocycles. The monoisotopic (exact) mass is 421 g/mol. The maximum Gasteiger partial charge on any atom is 0.255 e. The van der Waals surface area contributed by atoms with E-state index in [9.17, 15) is 19.2 Å². The molecule has 160 valence electrons. The summed E-state index contributed by atoms with van der Waals surface area (Å²) in [5, 5.41) is 7.96. The largest absolute Gasteiger partial charge is 0.353 e. The number of pyridine rings is 1. The Morgan fingerprint density at radius 1 is 1.00 bits per heavy atom. The van der Waals surface area contributed by atoms with Crippen LogP contribution in [0.1, 0.15) is 45.2 Å². The van der Waals surface area contributed by atoms with Crippen LogP contribution in [-0.2, 0) is 9.59 Å². The van der Waals surface area contributed by atoms with Gasteiger partial charge in [-0.2, -0.15) is 0 Å². The first-order valence-electron chi connectivity index (χ1n) is 10.2. The SMILES string of the molecule is O=C(CNC(=O)C1c2ccccc2C(=O)N1C1CC1)NCCNC(=O)c1cccnc1. The van der Waals surface area contributed by atoms with Crippen molar-refractivity contribution < 1.29 is 19.2 Å². The van der Waals surface area contributed by atoms with Gasteiger partial charge in [0.25, 0.3) is 11.8 Å². The van der Waals surface area contributed by atoms with E-state index in [4.69, 9.17) is 0 Å². The van der Waals surface area contributed by atoms with Crippen molar-refractivity contribution in [3.8, 4) is 0 Å². The highest BCUT2D eigenvalue weighted by Gasteiger charge is 2.47. The molecule has 1 aromatic carbocycles. The summed E-state index contributed by atoms with van der Waals surface area (Å²) in [6.07, 6.45) is 4.80. The molecule has 1 aliphatic heterocycles. The fourth-order valence-electron chi connectivity index (χ4n) is 3.64. The van der Waals surface area contributed by atoms with Crippen molar-refractivity contribution in [1.29, 1.82) is 0 Å². The molecule has 1 atom stereocenters. The minimum absolute atomic E-state index is 0.0768. The average molecular weight is 421 g/mol. The van der Waals surface area contributed by atoms with E-state index in [1.54, 1.807) is 47.5 Å². The van der Waals surface area contributed by atoms with Crippen LogP contribution in [0, 0.1) is 0 Å². The first-order valence-corrected chi connectivity index (χ1v) is 10.2. The number of fused-ring (bicyclic) bond motifs is 1. The maximum atomic E-state index is 12.8. The second-order valence-corrected chi connectivity index (χ2v) is 7.50. The number of nitrogens with one attached hydrogen (secondary N) is 3. The molecule has 0 radical (unpaired) electrons. The van der Waals surface area contributed by atoms with E-state index in [-0.39, 0.29) is 49.3 Å². The number of hydrogen-bond acceptors (Lipinski definition) is 5. The van der Waals surface area contributed by atoms with Crippen molar-refractivity contribution in [2.24, 2.45) is 0 Å². The van der Waals surface area contributed by atoms with Gasteiger partial charge in [0, 0.05) is 37.1 Å². The van der Waals surface area contributed by atoms with Crippen LogP contribution in [0.25, 0.3) is 0 Å². The number of carbonyl (C=O) groups is 4. The molecule has 0 saturated heterocycles. The van der Waals surface area contributed by atoms with Crippen molar-refractivity contribution in [3.05, 3.63) is 65.5 Å². The predicted molar refractivity (Wildman–Crippen MR) is 111 cm³/mol. The Bertz CT molecular complexity index is 1010. The highest BCUT2D eigenvalue weighted by Crippen LogP contribution is 2.41. The summed E-state index contributed by atoms with van der Waals surface area (Å²) in [7, 11) is 0. The fourth-order valence-corrected chi connectivity index (χ4v) is 3.64. The highest BCUT2D eigenvalue weighted by molar-refractivity contribution is 6.05. The zero-order valence-corrected chi connectivity index (χ0v) is 16.8. The quantitative estimate of drug-likeness (QED) is 0.533. The summed E-state index contributed by atoms with van der Waals surface area (Å²) >= 11 is 0. The van der Waals surface area contributed by atoms with E-state index in [0.717, 1.165) is 12.8 Å². The lowest BCUT2D eigenvalue weighted by Gasteiger charge is -2.24. The Labute approximate surface area is 179 Å². The Balaban J connectivity index is 1.24. The van der Waals surface area contributed by atoms with E-state index in [1.807, 2.05) is 0 Å². The molecule has 4 rings (SSSR count). The molecule has 0 bridgehead atoms. The van der Waals surface area contributed by atoms with Gasteiger partial charge in [-0.15, -0.1) is 0 Å². The van der Waals surface area contributed by atoms with Crippen LogP contribution in [0.5, 0.6) is 0 Å². The molecule has 0 spiro atoms. The van der Waals surface area contributed by atoms with Crippen LogP contribution in [0.2, 0.25) is 0 Å². The molecule has 9 heteroatoms. The summed E-state index contributed by atoms with van der Waals surface area (Å²) in [5.74, 6) is -1.16. The fraction of sp³-hybridized carbons (Fsp3) is 0.318. The number of aromatic nitrogens is 1. The lowest BCUT2D eigenvalue weighted by molar-refractivity contribution is -0.129. The Kier molecular flexibility index (Phi) is 5.92. The number of nitrogens with zero attached hydrogens (tertiary/aromatic N) is 2. The second kappa shape index (κ2) is 8.95. The first kappa shape index (κ1) is 20.5. The lowest BCUT2D eigenvalue weighted by atomic mass is 10.0. The Morgan fingerprint density at radius 2 is 1.77 bits per heavy atom. The number of carbonyl (C=O) groups excluding carboxylic acids is 4. The highest BCUT2D eigenvalue weighted by atomic mass is 16.2. The summed E-state index contributed by atoms with van der Waals surface area (Å²) in [5.41, 5.74) is 1.66. The van der Waals surface area contributed by atoms with Crippen molar-refractivity contribution in [2.45, 2.75) is 24.9 Å². The normalized spacial score (nSPS) is 17.1. The maximum absolute atomic E-state index is 12.8. The molecule has 1 unspecified atom stereocenters. The average Bonchev–Trinajstić information content (AvgIpc) is 3.59. The molecule has 1 fully saturated rings. The Morgan fingerprint density at radius 3 is 2.52 bits per heavy atom. The van der Waals surface area contributed by atoms with Gasteiger partial charge in [0.05, 0.1) is 12.1 Å². The molecule has 9 nitrogen and oxygen atoms in total. The summed E-state index contributed by atoms with van der Waals surface area (Å²) in [6, 6.07) is 9.78. The molecule has 1 aromatic heterocycles. The predicted octanol–water partition coefficient (Wildman–Crippen LogP) is 0.403. The standard InChI is InChI=1S/C22H23N5O4/c28-18(24-10-11-25-20(29)14-4-3-9-23-12-14)13-26-21(30)19-16-5-1-2-6-17(16)22(31)27(19)15-7-8-15/h1-6,9,12,15,19H,7-8,10-11,13H2,(H,24,28)(H,25,29)(H,26,30). The van der Waals surface area contributed by atoms with Gasteiger partial charge in [-0.25, -0.2) is 0 Å². The molecule has 31 heavy (non-hydrogen) atoms. The summed E-state index contributed by atoms with van der Waals surface area (Å²) in [4.78, 5) is 55.0. The van der Waals surface area contributed by atoms with Crippen LogP contribution in [-0.4, -0.2) is 59.2 Å². The van der Waals surface area contributed by atoms with Gasteiger partial charge in [-0.1, -0.05) is 18.2 Å². The van der Waals surface area contributed by atoms with Crippen molar-refractivity contribution in [3.63, 3.8) is 0 Å². The van der Waals surface area contributed by atoms with Gasteiger partial charge in [0.2, 0.25) is 11.8 Å². The second-order valence-electron chi connectivity index (χ2n) is 7.50. The van der Waals surface area contributed by atoms with Crippen LogP contribution in [0.3, 0.4) is 0 Å². The molecule has 2 aliphatic rings. The zero-order chi connectivity index (χ0) is 21.8. The van der Waals surface area contributed by atoms with Crippen molar-refractivity contribution in [1.82, 2.24) is 25.8 Å². The van der Waals surface area contributed by atoms with Gasteiger partial charge in [0.15, 0.2) is 0 Å². The molecule has 4 amide bonds. The van der Waals surface area contributed by atoms with Crippen molar-refractivity contribution >= 4 is 23.6 Å². The zero-order valence-electron chi connectivity index (χ0n) is 16.8. The molecule has 1 saturated carbocycles. The number of rotatable bonds is 8. The topological polar surface area (TPSA) is 121 Å². The third-order valence-electron chi connectivity index (χ3n) is 5.27. The minimum atomic E-state index is -0.706. The van der Waals surface area contributed by atoms with E-state index >= 15 is 0 Å². The molecule has 2 aromatic rings. The van der Waals surface area contributed by atoms with E-state index in [0.29, 0.717) is 16.7 Å². The van der Waals surface area contributed by atoms with Gasteiger partial charge >= 0.3 is 0 Å². The van der Waals surface area contributed by atoms with Gasteiger partial charge in [0.1, 0.15) is 6.04 Å². The number of amides is 4. The number of benzene rings is 1. The lowest BCUT2D eigenvalue weighted by Crippen LogP contribution is -2.44. The van der Waals surface area contributed by atoms with E-state index in [2.05, 4.69) is 20.9 Å². The van der Waals surface area contributed by atoms with Gasteiger partial charge < -0.3 is 20.9 Å². The van der Waals surface area contributed by atoms with E-state index in [1.165, 1.54) is 6.20 Å². The Hall–Kier alpha value is -3.75. The van der Waals surface area contributed by atoms with Crippen LogP contribution < -0.4 is 16.0 Å². The van der Waals surface area contributed by atoms with Crippen LogP contribution in [0.15, 0.2) is 48.8 Å². The number of hydrogen-bond donors (Lipinski definition) is 3. The minimum Gasteiger partial charge on any atom is -0.353 e. The van der Waals surface area contributed by atoms with Crippen LogP contribution >= 0.6 is 0 Å². The molecule has 3 N–H and O–H groups in total. The third kappa shape index (κ3) is 4.55. The molecule has 2 heterocycles. The van der Waals surface area contributed by atoms with Crippen molar-refractivity contribution in [2.75, 3.05) is 19.6 Å². The first-order chi connectivity index (χ1) is 15.1. The smallest absolute Gasteiger partial charge is 0.255 e. The third-order valence-corrected chi connectivity index (χ3v) is 5.27. The molecular weight excluding hydrogens is 398 g/mol. The molecular formula is C22H23N5O4. The summed E-state index contributed by atoms with van der Waals surface area (Å²) < 4.78 is 0. The van der Waals surface area contributed by atoms with E-state index < -0.39 is 6.04 Å². The summed E-state index contributed by atoms with van der Waals surface area (Å²) in [6.45, 7) is 0.258. The van der Waals surface area contributed by atoms with Crippen LogP contribution in [0.4, 0.5) is 0 Å².